The van der Waals surface area contributed by atoms with Gasteiger partial charge in [-0.2, -0.15) is 0 Å². The molecule has 0 saturated carbocycles. The molecule has 0 aromatic heterocycles. The summed E-state index contributed by atoms with van der Waals surface area (Å²) in [6.45, 7) is 2.43. The maximum Gasteiger partial charge on any atom is 0.251 e. The molecular weight excluding hydrogens is 318 g/mol. The summed E-state index contributed by atoms with van der Waals surface area (Å²) < 4.78 is 0. The molecule has 0 aliphatic carbocycles. The normalized spacial score (nSPS) is 22.6. The molecule has 1 aromatic rings. The Balaban J connectivity index is 1.45. The van der Waals surface area contributed by atoms with Crippen LogP contribution in [0.15, 0.2) is 30.3 Å². The molecule has 1 aromatic carbocycles. The number of rotatable bonds is 4. The van der Waals surface area contributed by atoms with Crippen LogP contribution in [0.25, 0.3) is 0 Å². The van der Waals surface area contributed by atoms with Gasteiger partial charge in [0.25, 0.3) is 5.91 Å². The number of carbonyl (C=O) groups excluding carboxylic acids is 2. The van der Waals surface area contributed by atoms with Crippen LogP contribution in [0, 0.1) is 0 Å². The van der Waals surface area contributed by atoms with E-state index in [-0.39, 0.29) is 24.4 Å². The summed E-state index contributed by atoms with van der Waals surface area (Å²) in [6.07, 6.45) is 3.00. The summed E-state index contributed by atoms with van der Waals surface area (Å²) >= 11 is 0. The fraction of sp³-hybridized carbons (Fsp3) is 0.579. The van der Waals surface area contributed by atoms with Crippen LogP contribution in [0.2, 0.25) is 0 Å². The lowest BCUT2D eigenvalue weighted by atomic mass is 10.0. The number of carbonyl (C=O) groups is 2. The van der Waals surface area contributed by atoms with Gasteiger partial charge in [-0.25, -0.2) is 0 Å². The van der Waals surface area contributed by atoms with E-state index in [9.17, 15) is 14.7 Å². The number of benzene rings is 1. The molecule has 2 heterocycles. The molecule has 6 heteroatoms. The van der Waals surface area contributed by atoms with Crippen molar-refractivity contribution in [2.75, 3.05) is 31.1 Å². The molecular formula is C19H27N3O3. The van der Waals surface area contributed by atoms with Gasteiger partial charge in [-0.3, -0.25) is 9.59 Å². The van der Waals surface area contributed by atoms with Crippen molar-refractivity contribution in [3.8, 4) is 0 Å². The second-order valence-corrected chi connectivity index (χ2v) is 6.94. The minimum absolute atomic E-state index is 0.0504. The summed E-state index contributed by atoms with van der Waals surface area (Å²) in [7, 11) is 0. The molecule has 0 radical (unpaired) electrons. The Bertz CT molecular complexity index is 585. The number of aliphatic hydroxyl groups is 1. The second-order valence-electron chi connectivity index (χ2n) is 6.94. The molecule has 3 rings (SSSR count). The Kier molecular flexibility index (Phi) is 5.91. The first-order chi connectivity index (χ1) is 12.1. The number of nitrogens with zero attached hydrogens (tertiary/aromatic N) is 2. The highest BCUT2D eigenvalue weighted by molar-refractivity contribution is 5.87. The van der Waals surface area contributed by atoms with Gasteiger partial charge < -0.3 is 20.2 Å². The van der Waals surface area contributed by atoms with Crippen LogP contribution in [0.1, 0.15) is 32.1 Å². The quantitative estimate of drug-likeness (QED) is 0.858. The van der Waals surface area contributed by atoms with Crippen molar-refractivity contribution in [1.82, 2.24) is 10.2 Å². The Morgan fingerprint density at radius 2 is 1.80 bits per heavy atom. The van der Waals surface area contributed by atoms with E-state index in [1.807, 2.05) is 18.2 Å². The molecule has 0 bridgehead atoms. The van der Waals surface area contributed by atoms with E-state index in [1.165, 1.54) is 10.6 Å². The minimum atomic E-state index is -0.954. The molecule has 0 spiro atoms. The van der Waals surface area contributed by atoms with Crippen LogP contribution in [0.3, 0.4) is 0 Å². The van der Waals surface area contributed by atoms with Crippen LogP contribution >= 0.6 is 0 Å². The molecule has 2 saturated heterocycles. The topological polar surface area (TPSA) is 72.9 Å². The minimum Gasteiger partial charge on any atom is -0.383 e. The van der Waals surface area contributed by atoms with Gasteiger partial charge >= 0.3 is 0 Å². The molecule has 2 amide bonds. The number of aliphatic hydroxyl groups excluding tert-OH is 1. The molecule has 1 unspecified atom stereocenters. The third-order valence-corrected chi connectivity index (χ3v) is 5.07. The molecule has 25 heavy (non-hydrogen) atoms. The number of piperidine rings is 1. The first-order valence-corrected chi connectivity index (χ1v) is 9.19. The van der Waals surface area contributed by atoms with Gasteiger partial charge in [0.2, 0.25) is 5.91 Å². The van der Waals surface area contributed by atoms with Crippen molar-refractivity contribution in [2.24, 2.45) is 0 Å². The van der Waals surface area contributed by atoms with Crippen molar-refractivity contribution >= 4 is 17.5 Å². The van der Waals surface area contributed by atoms with Crippen LogP contribution in [0.4, 0.5) is 5.69 Å². The lowest BCUT2D eigenvalue weighted by molar-refractivity contribution is -0.142. The van der Waals surface area contributed by atoms with Gasteiger partial charge in [-0.15, -0.1) is 0 Å². The third kappa shape index (κ3) is 4.72. The first kappa shape index (κ1) is 17.7. The maximum absolute atomic E-state index is 12.3. The highest BCUT2D eigenvalue weighted by atomic mass is 16.3. The van der Waals surface area contributed by atoms with Crippen LogP contribution in [-0.2, 0) is 9.59 Å². The number of amides is 2. The maximum atomic E-state index is 12.3. The van der Waals surface area contributed by atoms with Crippen molar-refractivity contribution in [3.63, 3.8) is 0 Å². The van der Waals surface area contributed by atoms with E-state index in [1.54, 1.807) is 0 Å². The zero-order valence-electron chi connectivity index (χ0n) is 14.6. The van der Waals surface area contributed by atoms with Gasteiger partial charge in [-0.1, -0.05) is 18.2 Å². The van der Waals surface area contributed by atoms with Gasteiger partial charge in [0.15, 0.2) is 0 Å². The average Bonchev–Trinajstić information content (AvgIpc) is 2.79. The lowest BCUT2D eigenvalue weighted by Crippen LogP contribution is -2.49. The van der Waals surface area contributed by atoms with Gasteiger partial charge in [0, 0.05) is 31.4 Å². The fourth-order valence-corrected chi connectivity index (χ4v) is 3.61. The summed E-state index contributed by atoms with van der Waals surface area (Å²) in [6, 6.07) is 10.5. The van der Waals surface area contributed by atoms with Crippen molar-refractivity contribution in [3.05, 3.63) is 30.3 Å². The van der Waals surface area contributed by atoms with E-state index >= 15 is 0 Å². The Labute approximate surface area is 148 Å². The molecule has 2 fully saturated rings. The highest BCUT2D eigenvalue weighted by Gasteiger charge is 2.27. The molecule has 2 N–H and O–H groups in total. The number of hydrogen-bond acceptors (Lipinski definition) is 4. The largest absolute Gasteiger partial charge is 0.383 e. The molecule has 2 aliphatic rings. The number of para-hydroxylation sites is 1. The second kappa shape index (κ2) is 8.34. The number of hydrogen-bond donors (Lipinski definition) is 2. The first-order valence-electron chi connectivity index (χ1n) is 9.19. The van der Waals surface area contributed by atoms with Crippen LogP contribution in [0.5, 0.6) is 0 Å². The van der Waals surface area contributed by atoms with E-state index in [0.29, 0.717) is 13.0 Å². The number of likely N-dealkylation sites (tertiary alicyclic amines) is 1. The SMILES string of the molecule is O=C(CN1CCCCC(O)C1=O)NC1CCN(c2ccccc2)CC1. The van der Waals surface area contributed by atoms with Crippen molar-refractivity contribution in [1.29, 1.82) is 0 Å². The van der Waals surface area contributed by atoms with Crippen molar-refractivity contribution in [2.45, 2.75) is 44.2 Å². The predicted molar refractivity (Wildman–Crippen MR) is 96.3 cm³/mol. The smallest absolute Gasteiger partial charge is 0.251 e. The Hall–Kier alpha value is -2.08. The standard InChI is InChI=1S/C19H27N3O3/c23-17-8-4-5-11-22(19(17)25)14-18(24)20-15-9-12-21(13-10-15)16-6-2-1-3-7-16/h1-3,6-7,15,17,23H,4-5,8-14H2,(H,20,24). The molecule has 136 valence electrons. The summed E-state index contributed by atoms with van der Waals surface area (Å²) in [5.41, 5.74) is 1.22. The Morgan fingerprint density at radius 3 is 2.52 bits per heavy atom. The van der Waals surface area contributed by atoms with Crippen LogP contribution < -0.4 is 10.2 Å². The van der Waals surface area contributed by atoms with E-state index < -0.39 is 6.10 Å². The van der Waals surface area contributed by atoms with Crippen LogP contribution in [-0.4, -0.2) is 60.1 Å². The van der Waals surface area contributed by atoms with Gasteiger partial charge in [-0.05, 0) is 44.2 Å². The monoisotopic (exact) mass is 345 g/mol. The van der Waals surface area contributed by atoms with E-state index in [4.69, 9.17) is 0 Å². The highest BCUT2D eigenvalue weighted by Crippen LogP contribution is 2.19. The zero-order valence-corrected chi connectivity index (χ0v) is 14.6. The summed E-state index contributed by atoms with van der Waals surface area (Å²) in [5, 5.41) is 12.8. The summed E-state index contributed by atoms with van der Waals surface area (Å²) in [4.78, 5) is 28.2. The average molecular weight is 345 g/mol. The van der Waals surface area contributed by atoms with Gasteiger partial charge in [0.05, 0.1) is 6.54 Å². The third-order valence-electron chi connectivity index (χ3n) is 5.07. The van der Waals surface area contributed by atoms with E-state index in [2.05, 4.69) is 22.3 Å². The summed E-state index contributed by atoms with van der Waals surface area (Å²) in [5.74, 6) is -0.438. The van der Waals surface area contributed by atoms with E-state index in [0.717, 1.165) is 38.8 Å². The lowest BCUT2D eigenvalue weighted by Gasteiger charge is -2.34. The molecule has 1 atom stereocenters. The predicted octanol–water partition coefficient (Wildman–Crippen LogP) is 1.15. The Morgan fingerprint density at radius 1 is 1.08 bits per heavy atom. The number of anilines is 1. The molecule has 2 aliphatic heterocycles. The zero-order chi connectivity index (χ0) is 17.6. The van der Waals surface area contributed by atoms with Crippen molar-refractivity contribution < 1.29 is 14.7 Å². The number of nitrogens with one attached hydrogen (secondary N) is 1. The molecule has 6 nitrogen and oxygen atoms in total. The fourth-order valence-electron chi connectivity index (χ4n) is 3.61. The van der Waals surface area contributed by atoms with Gasteiger partial charge in [0.1, 0.15) is 6.10 Å².